The number of fused-ring (bicyclic) bond motifs is 3. The number of anilines is 3. The van der Waals surface area contributed by atoms with Crippen LogP contribution in [0.2, 0.25) is 0 Å². The number of aryl methyl sites for hydroxylation is 2. The number of nitrogens with zero attached hydrogens (tertiary/aromatic N) is 1. The minimum atomic E-state index is -0.113. The third-order valence-electron chi connectivity index (χ3n) is 8.12. The highest BCUT2D eigenvalue weighted by molar-refractivity contribution is 7.00. The van der Waals surface area contributed by atoms with Crippen molar-refractivity contribution in [1.29, 1.82) is 0 Å². The molecule has 0 aliphatic carbocycles. The summed E-state index contributed by atoms with van der Waals surface area (Å²) >= 11 is 0. The number of rotatable bonds is 0. The molecule has 4 aromatic rings. The van der Waals surface area contributed by atoms with Gasteiger partial charge in [0.2, 0.25) is 0 Å². The van der Waals surface area contributed by atoms with E-state index in [1.807, 2.05) is 6.07 Å². The van der Waals surface area contributed by atoms with Gasteiger partial charge in [0.05, 0.1) is 5.69 Å². The number of ether oxygens (including phenoxy) is 2. The van der Waals surface area contributed by atoms with Crippen LogP contribution in [0.15, 0.2) is 60.7 Å². The lowest BCUT2D eigenvalue weighted by atomic mass is 9.32. The molecule has 0 unspecified atom stereocenters. The first-order valence-electron chi connectivity index (χ1n) is 11.7. The second-order valence-electron chi connectivity index (χ2n) is 10.3. The third-order valence-corrected chi connectivity index (χ3v) is 8.12. The molecular weight excluding hydrogens is 405 g/mol. The summed E-state index contributed by atoms with van der Waals surface area (Å²) in [5, 5.41) is 0. The van der Waals surface area contributed by atoms with Gasteiger partial charge in [0, 0.05) is 22.3 Å². The normalized spacial score (nSPS) is 16.5. The van der Waals surface area contributed by atoms with Crippen LogP contribution in [-0.4, -0.2) is 6.71 Å². The highest BCUT2D eigenvalue weighted by atomic mass is 16.5. The van der Waals surface area contributed by atoms with E-state index in [0.29, 0.717) is 0 Å². The van der Waals surface area contributed by atoms with E-state index in [4.69, 9.17) is 9.47 Å². The highest BCUT2D eigenvalue weighted by Crippen LogP contribution is 2.55. The number of para-hydroxylation sites is 1. The van der Waals surface area contributed by atoms with Crippen molar-refractivity contribution >= 4 is 40.2 Å². The Balaban J connectivity index is 1.61. The van der Waals surface area contributed by atoms with Crippen LogP contribution in [0.3, 0.4) is 0 Å². The standard InChI is InChI=1S/C29H22BNO2/c1-15-12-13-20-23-27(15)32-21-10-7-11-22-24(21)30(23)25-26-18(14-16(2)28(25)33-22)29(3,4)17-8-5-6-9-19(17)31(20)26/h5-14H,1-4H3. The SMILES string of the molecule is Cc1ccc2c3c1Oc1cccc4c1B3c1c(c(C)cc3c1N2c1ccccc1C3(C)C)O4. The Labute approximate surface area is 193 Å². The molecule has 4 heterocycles. The summed E-state index contributed by atoms with van der Waals surface area (Å²) in [5.74, 6) is 3.82. The largest absolute Gasteiger partial charge is 0.458 e. The molecule has 4 aliphatic heterocycles. The smallest absolute Gasteiger partial charge is 0.266 e. The molecule has 4 heteroatoms. The average Bonchev–Trinajstić information content (AvgIpc) is 2.82. The van der Waals surface area contributed by atoms with E-state index in [-0.39, 0.29) is 12.1 Å². The Hall–Kier alpha value is -3.66. The van der Waals surface area contributed by atoms with Crippen molar-refractivity contribution in [3.05, 3.63) is 82.9 Å². The summed E-state index contributed by atoms with van der Waals surface area (Å²) in [6.45, 7) is 9.15. The maximum atomic E-state index is 6.63. The topological polar surface area (TPSA) is 21.7 Å². The van der Waals surface area contributed by atoms with Gasteiger partial charge in [-0.25, -0.2) is 0 Å². The van der Waals surface area contributed by atoms with Gasteiger partial charge in [0.15, 0.2) is 0 Å². The molecule has 0 aromatic heterocycles. The van der Waals surface area contributed by atoms with Gasteiger partial charge in [-0.3, -0.25) is 0 Å². The van der Waals surface area contributed by atoms with Gasteiger partial charge in [-0.15, -0.1) is 0 Å². The molecule has 158 valence electrons. The van der Waals surface area contributed by atoms with Crippen LogP contribution in [0, 0.1) is 13.8 Å². The van der Waals surface area contributed by atoms with Gasteiger partial charge < -0.3 is 14.4 Å². The van der Waals surface area contributed by atoms with Crippen LogP contribution >= 0.6 is 0 Å². The van der Waals surface area contributed by atoms with E-state index in [1.165, 1.54) is 50.2 Å². The molecule has 0 saturated heterocycles. The Morgan fingerprint density at radius 3 is 2.21 bits per heavy atom. The monoisotopic (exact) mass is 427 g/mol. The van der Waals surface area contributed by atoms with E-state index in [0.717, 1.165) is 28.5 Å². The maximum absolute atomic E-state index is 6.63. The molecular formula is C29H22BNO2. The Bertz CT molecular complexity index is 1570. The highest BCUT2D eigenvalue weighted by Gasteiger charge is 2.51. The fraction of sp³-hybridized carbons (Fsp3) is 0.172. The van der Waals surface area contributed by atoms with Crippen LogP contribution in [0.4, 0.5) is 17.1 Å². The van der Waals surface area contributed by atoms with Crippen molar-refractivity contribution < 1.29 is 9.47 Å². The van der Waals surface area contributed by atoms with E-state index in [2.05, 4.69) is 87.2 Å². The predicted molar refractivity (Wildman–Crippen MR) is 134 cm³/mol. The van der Waals surface area contributed by atoms with Crippen molar-refractivity contribution in [1.82, 2.24) is 0 Å². The van der Waals surface area contributed by atoms with Crippen molar-refractivity contribution in [3.8, 4) is 23.0 Å². The Morgan fingerprint density at radius 1 is 0.697 bits per heavy atom. The van der Waals surface area contributed by atoms with Gasteiger partial charge >= 0.3 is 0 Å². The van der Waals surface area contributed by atoms with Crippen molar-refractivity contribution in [2.75, 3.05) is 4.90 Å². The molecule has 0 radical (unpaired) electrons. The van der Waals surface area contributed by atoms with E-state index in [1.54, 1.807) is 0 Å². The lowest BCUT2D eigenvalue weighted by Gasteiger charge is -2.49. The van der Waals surface area contributed by atoms with Crippen molar-refractivity contribution in [2.45, 2.75) is 33.1 Å². The van der Waals surface area contributed by atoms with Crippen molar-refractivity contribution in [2.24, 2.45) is 0 Å². The predicted octanol–water partition coefficient (Wildman–Crippen LogP) is 5.45. The molecule has 33 heavy (non-hydrogen) atoms. The molecule has 0 bridgehead atoms. The minimum absolute atomic E-state index is 0.113. The first-order valence-corrected chi connectivity index (χ1v) is 11.7. The molecule has 8 rings (SSSR count). The van der Waals surface area contributed by atoms with Crippen LogP contribution < -0.4 is 30.8 Å². The fourth-order valence-electron chi connectivity index (χ4n) is 6.60. The summed E-state index contributed by atoms with van der Waals surface area (Å²) in [4.78, 5) is 2.47. The van der Waals surface area contributed by atoms with Crippen LogP contribution in [-0.2, 0) is 5.41 Å². The van der Waals surface area contributed by atoms with E-state index >= 15 is 0 Å². The number of hydrogen-bond acceptors (Lipinski definition) is 3. The second kappa shape index (κ2) is 5.45. The fourth-order valence-corrected chi connectivity index (χ4v) is 6.60. The summed E-state index contributed by atoms with van der Waals surface area (Å²) in [6.07, 6.45) is 0. The first kappa shape index (κ1) is 17.8. The summed E-state index contributed by atoms with van der Waals surface area (Å²) in [6, 6.07) is 21.9. The third kappa shape index (κ3) is 1.88. The Morgan fingerprint density at radius 2 is 1.42 bits per heavy atom. The molecule has 0 N–H and O–H groups in total. The summed E-state index contributed by atoms with van der Waals surface area (Å²) < 4.78 is 13.2. The maximum Gasteiger partial charge on any atom is 0.266 e. The van der Waals surface area contributed by atoms with Gasteiger partial charge in [0.25, 0.3) is 6.71 Å². The first-order chi connectivity index (χ1) is 16.0. The summed E-state index contributed by atoms with van der Waals surface area (Å²) in [5.41, 5.74) is 12.4. The zero-order chi connectivity index (χ0) is 22.2. The molecule has 0 atom stereocenters. The Kier molecular flexibility index (Phi) is 2.95. The molecule has 0 fully saturated rings. The molecule has 0 saturated carbocycles. The van der Waals surface area contributed by atoms with Gasteiger partial charge in [-0.2, -0.15) is 0 Å². The van der Waals surface area contributed by atoms with Crippen LogP contribution in [0.1, 0.15) is 36.1 Å². The average molecular weight is 427 g/mol. The molecule has 4 aliphatic rings. The quantitative estimate of drug-likeness (QED) is 0.301. The second-order valence-corrected chi connectivity index (χ2v) is 10.3. The van der Waals surface area contributed by atoms with E-state index in [9.17, 15) is 0 Å². The zero-order valence-corrected chi connectivity index (χ0v) is 19.1. The summed E-state index contributed by atoms with van der Waals surface area (Å²) in [7, 11) is 0. The lowest BCUT2D eigenvalue weighted by Crippen LogP contribution is -2.62. The number of hydrogen-bond donors (Lipinski definition) is 0. The van der Waals surface area contributed by atoms with Crippen LogP contribution in [0.5, 0.6) is 23.0 Å². The van der Waals surface area contributed by atoms with Crippen LogP contribution in [0.25, 0.3) is 0 Å². The van der Waals surface area contributed by atoms with Gasteiger partial charge in [-0.1, -0.05) is 44.2 Å². The van der Waals surface area contributed by atoms with Gasteiger partial charge in [0.1, 0.15) is 23.0 Å². The van der Waals surface area contributed by atoms with Crippen molar-refractivity contribution in [3.63, 3.8) is 0 Å². The van der Waals surface area contributed by atoms with E-state index < -0.39 is 0 Å². The molecule has 4 aromatic carbocycles. The number of benzene rings is 4. The molecule has 0 spiro atoms. The molecule has 3 nitrogen and oxygen atoms in total. The minimum Gasteiger partial charge on any atom is -0.458 e. The zero-order valence-electron chi connectivity index (χ0n) is 19.1. The lowest BCUT2D eigenvalue weighted by molar-refractivity contribution is 0.460. The van der Waals surface area contributed by atoms with Gasteiger partial charge in [-0.05, 0) is 77.4 Å². The molecule has 0 amide bonds.